The zero-order valence-electron chi connectivity index (χ0n) is 19.5. The summed E-state index contributed by atoms with van der Waals surface area (Å²) in [6.45, 7) is 4.44. The maximum atomic E-state index is 12.3. The second kappa shape index (κ2) is 10.7. The molecule has 0 spiro atoms. The molecular formula is C27H27N3O4. The van der Waals surface area contributed by atoms with Gasteiger partial charge in [-0.15, -0.1) is 0 Å². The van der Waals surface area contributed by atoms with Crippen LogP contribution in [0.3, 0.4) is 0 Å². The number of hydrogen-bond acceptors (Lipinski definition) is 6. The van der Waals surface area contributed by atoms with Gasteiger partial charge in [0.1, 0.15) is 6.61 Å². The van der Waals surface area contributed by atoms with Gasteiger partial charge in [0, 0.05) is 24.1 Å². The minimum atomic E-state index is -0.105. The zero-order valence-corrected chi connectivity index (χ0v) is 19.5. The van der Waals surface area contributed by atoms with Crippen molar-refractivity contribution in [2.45, 2.75) is 33.3 Å². The third-order valence-electron chi connectivity index (χ3n) is 5.20. The topological polar surface area (TPSA) is 86.5 Å². The predicted molar refractivity (Wildman–Crippen MR) is 130 cm³/mol. The van der Waals surface area contributed by atoms with Gasteiger partial charge in [0.25, 0.3) is 0 Å². The average molecular weight is 458 g/mol. The molecule has 0 saturated heterocycles. The average Bonchev–Trinajstić information content (AvgIpc) is 3.30. The van der Waals surface area contributed by atoms with E-state index in [9.17, 15) is 4.79 Å². The van der Waals surface area contributed by atoms with Crippen molar-refractivity contribution in [3.63, 3.8) is 0 Å². The molecule has 4 rings (SSSR count). The normalized spacial score (nSPS) is 10.7. The molecule has 1 amide bonds. The third-order valence-corrected chi connectivity index (χ3v) is 5.20. The number of aromatic nitrogens is 2. The van der Waals surface area contributed by atoms with Crippen molar-refractivity contribution >= 4 is 11.6 Å². The van der Waals surface area contributed by atoms with Gasteiger partial charge in [0.15, 0.2) is 11.5 Å². The largest absolute Gasteiger partial charge is 0.493 e. The fourth-order valence-corrected chi connectivity index (χ4v) is 3.63. The Morgan fingerprint density at radius 1 is 0.971 bits per heavy atom. The Kier molecular flexibility index (Phi) is 7.22. The van der Waals surface area contributed by atoms with Gasteiger partial charge in [-0.1, -0.05) is 41.6 Å². The monoisotopic (exact) mass is 457 g/mol. The number of aryl methyl sites for hydroxylation is 3. The number of carbonyl (C=O) groups is 1. The van der Waals surface area contributed by atoms with E-state index in [0.717, 1.165) is 27.9 Å². The van der Waals surface area contributed by atoms with Crippen LogP contribution in [0.1, 0.15) is 29.0 Å². The smallest absolute Gasteiger partial charge is 0.227 e. The van der Waals surface area contributed by atoms with Gasteiger partial charge in [-0.2, -0.15) is 4.98 Å². The van der Waals surface area contributed by atoms with Crippen molar-refractivity contribution in [2.24, 2.45) is 0 Å². The van der Waals surface area contributed by atoms with Gasteiger partial charge < -0.3 is 19.3 Å². The Hall–Kier alpha value is -4.13. The van der Waals surface area contributed by atoms with Crippen LogP contribution in [0.4, 0.5) is 5.69 Å². The van der Waals surface area contributed by atoms with E-state index in [4.69, 9.17) is 14.0 Å². The molecule has 1 N–H and O–H groups in total. The highest BCUT2D eigenvalue weighted by Crippen LogP contribution is 2.32. The molecule has 0 atom stereocenters. The lowest BCUT2D eigenvalue weighted by Crippen LogP contribution is -2.12. The number of ether oxygens (including phenoxy) is 2. The number of rotatable bonds is 9. The Morgan fingerprint density at radius 2 is 1.74 bits per heavy atom. The van der Waals surface area contributed by atoms with Crippen LogP contribution in [0.5, 0.6) is 11.5 Å². The van der Waals surface area contributed by atoms with Crippen molar-refractivity contribution in [3.8, 4) is 22.9 Å². The minimum absolute atomic E-state index is 0.105. The predicted octanol–water partition coefficient (Wildman–Crippen LogP) is 5.51. The molecule has 0 saturated carbocycles. The Bertz CT molecular complexity index is 1250. The summed E-state index contributed by atoms with van der Waals surface area (Å²) in [7, 11) is 1.59. The van der Waals surface area contributed by atoms with Crippen molar-refractivity contribution in [3.05, 3.63) is 89.3 Å². The molecule has 1 heterocycles. The van der Waals surface area contributed by atoms with Crippen LogP contribution >= 0.6 is 0 Å². The summed E-state index contributed by atoms with van der Waals surface area (Å²) >= 11 is 0. The van der Waals surface area contributed by atoms with E-state index in [1.165, 1.54) is 0 Å². The van der Waals surface area contributed by atoms with Gasteiger partial charge in [0.05, 0.1) is 7.11 Å². The van der Waals surface area contributed by atoms with Crippen molar-refractivity contribution in [1.82, 2.24) is 10.1 Å². The number of hydrogen-bond donors (Lipinski definition) is 1. The third kappa shape index (κ3) is 6.01. The van der Waals surface area contributed by atoms with Gasteiger partial charge in [-0.05, 0) is 60.9 Å². The van der Waals surface area contributed by atoms with E-state index in [-0.39, 0.29) is 12.3 Å². The summed E-state index contributed by atoms with van der Waals surface area (Å²) in [5.41, 5.74) is 4.79. The number of amides is 1. The molecular weight excluding hydrogens is 430 g/mol. The maximum Gasteiger partial charge on any atom is 0.227 e. The van der Waals surface area contributed by atoms with E-state index < -0.39 is 0 Å². The molecule has 0 fully saturated rings. The molecule has 7 heteroatoms. The van der Waals surface area contributed by atoms with Gasteiger partial charge in [0.2, 0.25) is 17.6 Å². The molecule has 0 aliphatic carbocycles. The van der Waals surface area contributed by atoms with Crippen LogP contribution in [0.2, 0.25) is 0 Å². The summed E-state index contributed by atoms with van der Waals surface area (Å²) in [5.74, 6) is 1.92. The quantitative estimate of drug-likeness (QED) is 0.357. The first-order valence-electron chi connectivity index (χ1n) is 11.1. The summed E-state index contributed by atoms with van der Waals surface area (Å²) in [6, 6.07) is 21.3. The molecule has 0 bridgehead atoms. The number of anilines is 1. The summed E-state index contributed by atoms with van der Waals surface area (Å²) in [6.07, 6.45) is 0.587. The van der Waals surface area contributed by atoms with Crippen molar-refractivity contribution < 1.29 is 18.8 Å². The lowest BCUT2D eigenvalue weighted by molar-refractivity contribution is -0.116. The number of benzene rings is 3. The van der Waals surface area contributed by atoms with E-state index in [0.29, 0.717) is 36.2 Å². The highest BCUT2D eigenvalue weighted by atomic mass is 16.5. The van der Waals surface area contributed by atoms with E-state index in [1.807, 2.05) is 74.5 Å². The molecule has 1 aromatic heterocycles. The van der Waals surface area contributed by atoms with Gasteiger partial charge >= 0.3 is 0 Å². The number of nitrogens with zero attached hydrogens (tertiary/aromatic N) is 2. The second-order valence-corrected chi connectivity index (χ2v) is 8.08. The first-order chi connectivity index (χ1) is 16.5. The van der Waals surface area contributed by atoms with Gasteiger partial charge in [-0.25, -0.2) is 0 Å². The van der Waals surface area contributed by atoms with Crippen molar-refractivity contribution in [1.29, 1.82) is 0 Å². The molecule has 174 valence electrons. The van der Waals surface area contributed by atoms with E-state index in [2.05, 4.69) is 21.5 Å². The van der Waals surface area contributed by atoms with Crippen LogP contribution in [-0.4, -0.2) is 23.2 Å². The van der Waals surface area contributed by atoms with E-state index in [1.54, 1.807) is 7.11 Å². The Balaban J connectivity index is 1.36. The Morgan fingerprint density at radius 3 is 2.47 bits per heavy atom. The lowest BCUT2D eigenvalue weighted by Gasteiger charge is -2.11. The fourth-order valence-electron chi connectivity index (χ4n) is 3.63. The molecule has 0 unspecified atom stereocenters. The molecule has 34 heavy (non-hydrogen) atoms. The minimum Gasteiger partial charge on any atom is -0.493 e. The van der Waals surface area contributed by atoms with Crippen LogP contribution < -0.4 is 14.8 Å². The van der Waals surface area contributed by atoms with Crippen molar-refractivity contribution in [2.75, 3.05) is 12.4 Å². The van der Waals surface area contributed by atoms with Crippen LogP contribution in [0.15, 0.2) is 71.3 Å². The first kappa shape index (κ1) is 23.0. The van der Waals surface area contributed by atoms with Crippen LogP contribution in [0, 0.1) is 13.8 Å². The molecule has 0 radical (unpaired) electrons. The fraction of sp³-hybridized carbons (Fsp3) is 0.222. The summed E-state index contributed by atoms with van der Waals surface area (Å²) in [4.78, 5) is 16.8. The summed E-state index contributed by atoms with van der Waals surface area (Å²) < 4.78 is 16.7. The number of nitrogens with one attached hydrogen (secondary N) is 1. The van der Waals surface area contributed by atoms with Crippen LogP contribution in [0.25, 0.3) is 11.4 Å². The highest BCUT2D eigenvalue weighted by molar-refractivity contribution is 5.91. The van der Waals surface area contributed by atoms with E-state index >= 15 is 0 Å². The zero-order chi connectivity index (χ0) is 23.9. The number of carbonyl (C=O) groups excluding carboxylic acids is 1. The SMILES string of the molecule is COc1cc(-c2noc(CCC(=O)Nc3cc(C)cc(C)c3)n2)ccc1OCc1ccccc1. The molecule has 0 aliphatic heterocycles. The maximum absolute atomic E-state index is 12.3. The van der Waals surface area contributed by atoms with Crippen LogP contribution in [-0.2, 0) is 17.8 Å². The standard InChI is InChI=1S/C27H27N3O4/c1-18-13-19(2)15-22(14-18)28-25(31)11-12-26-29-27(30-34-26)21-9-10-23(24(16-21)32-3)33-17-20-7-5-4-6-8-20/h4-10,13-16H,11-12,17H2,1-3H3,(H,28,31). The number of methoxy groups -OCH3 is 1. The Labute approximate surface area is 198 Å². The lowest BCUT2D eigenvalue weighted by atomic mass is 10.1. The van der Waals surface area contributed by atoms with Gasteiger partial charge in [-0.3, -0.25) is 4.79 Å². The molecule has 0 aliphatic rings. The highest BCUT2D eigenvalue weighted by Gasteiger charge is 2.14. The summed E-state index contributed by atoms with van der Waals surface area (Å²) in [5, 5.41) is 6.97. The molecule has 3 aromatic carbocycles. The second-order valence-electron chi connectivity index (χ2n) is 8.08. The molecule has 4 aromatic rings. The first-order valence-corrected chi connectivity index (χ1v) is 11.1. The molecule has 7 nitrogen and oxygen atoms in total.